The first-order valence-corrected chi connectivity index (χ1v) is 11.7. The van der Waals surface area contributed by atoms with Gasteiger partial charge in [0.1, 0.15) is 24.8 Å². The highest BCUT2D eigenvalue weighted by molar-refractivity contribution is 5.88. The molecule has 0 radical (unpaired) electrons. The number of rotatable bonds is 10. The molecule has 0 spiro atoms. The van der Waals surface area contributed by atoms with Crippen LogP contribution in [0, 0.1) is 17.7 Å². The second-order valence-electron chi connectivity index (χ2n) is 8.91. The summed E-state index contributed by atoms with van der Waals surface area (Å²) in [5.41, 5.74) is 0.495. The minimum absolute atomic E-state index is 0.117. The van der Waals surface area contributed by atoms with Crippen LogP contribution in [0.2, 0.25) is 0 Å². The first-order chi connectivity index (χ1) is 15.9. The van der Waals surface area contributed by atoms with E-state index in [4.69, 9.17) is 4.74 Å². The van der Waals surface area contributed by atoms with Gasteiger partial charge in [0.15, 0.2) is 0 Å². The summed E-state index contributed by atoms with van der Waals surface area (Å²) in [4.78, 5) is 48.8. The predicted molar refractivity (Wildman–Crippen MR) is 118 cm³/mol. The lowest BCUT2D eigenvalue weighted by atomic mass is 9.84. The van der Waals surface area contributed by atoms with Crippen molar-refractivity contribution in [3.63, 3.8) is 0 Å². The molecule has 1 aliphatic heterocycles. The molecule has 1 saturated carbocycles. The summed E-state index contributed by atoms with van der Waals surface area (Å²) in [6.07, 6.45) is 6.40. The number of alkyl carbamates (subject to hydrolysis) is 1. The third-order valence-electron chi connectivity index (χ3n) is 6.35. The number of amides is 3. The molecule has 0 aromatic heterocycles. The van der Waals surface area contributed by atoms with Crippen molar-refractivity contribution in [2.24, 2.45) is 11.8 Å². The second kappa shape index (κ2) is 12.3. The van der Waals surface area contributed by atoms with E-state index in [1.54, 1.807) is 6.07 Å². The maximum Gasteiger partial charge on any atom is 0.408 e. The van der Waals surface area contributed by atoms with Gasteiger partial charge >= 0.3 is 6.09 Å². The van der Waals surface area contributed by atoms with E-state index in [0.29, 0.717) is 31.2 Å². The van der Waals surface area contributed by atoms with Crippen LogP contribution in [-0.2, 0) is 25.7 Å². The maximum atomic E-state index is 13.3. The van der Waals surface area contributed by atoms with Gasteiger partial charge in [0.05, 0.1) is 6.04 Å². The zero-order valence-corrected chi connectivity index (χ0v) is 18.7. The molecule has 3 atom stereocenters. The van der Waals surface area contributed by atoms with Gasteiger partial charge < -0.3 is 25.5 Å². The van der Waals surface area contributed by atoms with Crippen LogP contribution < -0.4 is 16.0 Å². The fraction of sp³-hybridized carbons (Fsp3) is 0.583. The van der Waals surface area contributed by atoms with Crippen molar-refractivity contribution in [1.29, 1.82) is 0 Å². The Morgan fingerprint density at radius 2 is 1.94 bits per heavy atom. The molecule has 9 heteroatoms. The molecule has 0 unspecified atom stereocenters. The Morgan fingerprint density at radius 1 is 1.15 bits per heavy atom. The van der Waals surface area contributed by atoms with E-state index in [0.717, 1.165) is 32.1 Å². The lowest BCUT2D eigenvalue weighted by Crippen LogP contribution is -2.51. The van der Waals surface area contributed by atoms with E-state index in [9.17, 15) is 23.6 Å². The number of ether oxygens (including phenoxy) is 1. The molecule has 33 heavy (non-hydrogen) atoms. The van der Waals surface area contributed by atoms with E-state index in [-0.39, 0.29) is 30.8 Å². The topological polar surface area (TPSA) is 114 Å². The SMILES string of the molecule is O=C[C@H](C[C@@H]1CCNC1=O)NC(=O)[C@H](CC1CCCCC1)NC(=O)OCc1cccc(F)c1. The summed E-state index contributed by atoms with van der Waals surface area (Å²) < 4.78 is 18.5. The van der Waals surface area contributed by atoms with Crippen molar-refractivity contribution >= 4 is 24.2 Å². The number of aldehydes is 1. The van der Waals surface area contributed by atoms with Gasteiger partial charge in [-0.3, -0.25) is 9.59 Å². The highest BCUT2D eigenvalue weighted by Gasteiger charge is 2.31. The lowest BCUT2D eigenvalue weighted by Gasteiger charge is -2.27. The molecular weight excluding hydrogens is 429 g/mol. The average molecular weight is 462 g/mol. The quantitative estimate of drug-likeness (QED) is 0.464. The van der Waals surface area contributed by atoms with Crippen LogP contribution in [0.25, 0.3) is 0 Å². The van der Waals surface area contributed by atoms with Crippen molar-refractivity contribution in [3.8, 4) is 0 Å². The normalized spacial score (nSPS) is 20.4. The summed E-state index contributed by atoms with van der Waals surface area (Å²) in [7, 11) is 0. The Balaban J connectivity index is 1.59. The average Bonchev–Trinajstić information content (AvgIpc) is 3.21. The molecule has 1 aromatic carbocycles. The van der Waals surface area contributed by atoms with Crippen molar-refractivity contribution in [2.45, 2.75) is 70.1 Å². The monoisotopic (exact) mass is 461 g/mol. The largest absolute Gasteiger partial charge is 0.445 e. The molecule has 1 saturated heterocycles. The molecular formula is C24H32FN3O5. The Kier molecular flexibility index (Phi) is 9.21. The second-order valence-corrected chi connectivity index (χ2v) is 8.91. The van der Waals surface area contributed by atoms with Crippen molar-refractivity contribution in [3.05, 3.63) is 35.6 Å². The van der Waals surface area contributed by atoms with Gasteiger partial charge in [0.2, 0.25) is 11.8 Å². The summed E-state index contributed by atoms with van der Waals surface area (Å²) in [5.74, 6) is -1.05. The Hall–Kier alpha value is -2.97. The van der Waals surface area contributed by atoms with Gasteiger partial charge in [-0.25, -0.2) is 9.18 Å². The zero-order chi connectivity index (χ0) is 23.6. The van der Waals surface area contributed by atoms with Crippen molar-refractivity contribution in [2.75, 3.05) is 6.54 Å². The molecule has 180 valence electrons. The minimum atomic E-state index is -0.868. The van der Waals surface area contributed by atoms with Crippen LogP contribution in [0.15, 0.2) is 24.3 Å². The molecule has 0 bridgehead atoms. The van der Waals surface area contributed by atoms with Crippen molar-refractivity contribution in [1.82, 2.24) is 16.0 Å². The molecule has 3 amide bonds. The van der Waals surface area contributed by atoms with Crippen LogP contribution in [0.5, 0.6) is 0 Å². The summed E-state index contributed by atoms with van der Waals surface area (Å²) >= 11 is 0. The Bertz CT molecular complexity index is 843. The van der Waals surface area contributed by atoms with Crippen LogP contribution in [0.1, 0.15) is 56.9 Å². The van der Waals surface area contributed by atoms with E-state index in [1.807, 2.05) is 0 Å². The van der Waals surface area contributed by atoms with Crippen LogP contribution in [-0.4, -0.2) is 42.8 Å². The number of hydrogen-bond donors (Lipinski definition) is 3. The first kappa shape index (κ1) is 24.7. The minimum Gasteiger partial charge on any atom is -0.445 e. The molecule has 3 N–H and O–H groups in total. The van der Waals surface area contributed by atoms with Gasteiger partial charge in [0.25, 0.3) is 0 Å². The number of carbonyl (C=O) groups is 4. The van der Waals surface area contributed by atoms with Crippen LogP contribution >= 0.6 is 0 Å². The molecule has 1 aromatic rings. The summed E-state index contributed by atoms with van der Waals surface area (Å²) in [6, 6.07) is 4.05. The predicted octanol–water partition coefficient (Wildman–Crippen LogP) is 2.60. The maximum absolute atomic E-state index is 13.3. The van der Waals surface area contributed by atoms with Gasteiger partial charge in [-0.1, -0.05) is 44.2 Å². The van der Waals surface area contributed by atoms with Gasteiger partial charge in [-0.2, -0.15) is 0 Å². The van der Waals surface area contributed by atoms with E-state index < -0.39 is 29.9 Å². The van der Waals surface area contributed by atoms with E-state index in [2.05, 4.69) is 16.0 Å². The number of halogens is 1. The number of benzene rings is 1. The molecule has 3 rings (SSSR count). The smallest absolute Gasteiger partial charge is 0.408 e. The molecule has 2 fully saturated rings. The number of nitrogens with one attached hydrogen (secondary N) is 3. The Morgan fingerprint density at radius 3 is 2.61 bits per heavy atom. The lowest BCUT2D eigenvalue weighted by molar-refractivity contribution is -0.127. The highest BCUT2D eigenvalue weighted by atomic mass is 19.1. The van der Waals surface area contributed by atoms with Crippen LogP contribution in [0.4, 0.5) is 9.18 Å². The summed E-state index contributed by atoms with van der Waals surface area (Å²) in [6.45, 7) is 0.432. The van der Waals surface area contributed by atoms with Gasteiger partial charge in [-0.15, -0.1) is 0 Å². The van der Waals surface area contributed by atoms with E-state index in [1.165, 1.54) is 18.2 Å². The number of hydrogen-bond acceptors (Lipinski definition) is 5. The number of carbonyl (C=O) groups excluding carboxylic acids is 4. The standard InChI is InChI=1S/C24H32FN3O5/c25-19-8-4-7-17(11-19)15-33-24(32)28-21(12-16-5-2-1-3-6-16)23(31)27-20(14-29)13-18-9-10-26-22(18)30/h4,7-8,11,14,16,18,20-21H,1-3,5-6,9-10,12-13,15H2,(H,26,30)(H,27,31)(H,28,32)/t18-,20-,21-/m0/s1. The molecule has 2 aliphatic rings. The summed E-state index contributed by atoms with van der Waals surface area (Å²) in [5, 5.41) is 8.02. The van der Waals surface area contributed by atoms with E-state index >= 15 is 0 Å². The molecule has 1 heterocycles. The van der Waals surface area contributed by atoms with Gasteiger partial charge in [-0.05, 0) is 42.9 Å². The zero-order valence-electron chi connectivity index (χ0n) is 18.7. The molecule has 8 nitrogen and oxygen atoms in total. The molecule has 1 aliphatic carbocycles. The third-order valence-corrected chi connectivity index (χ3v) is 6.35. The fourth-order valence-corrected chi connectivity index (χ4v) is 4.56. The van der Waals surface area contributed by atoms with Crippen LogP contribution in [0.3, 0.4) is 0 Å². The first-order valence-electron chi connectivity index (χ1n) is 11.7. The van der Waals surface area contributed by atoms with Gasteiger partial charge in [0, 0.05) is 12.5 Å². The fourth-order valence-electron chi connectivity index (χ4n) is 4.56. The van der Waals surface area contributed by atoms with Crippen molar-refractivity contribution < 1.29 is 28.3 Å². The highest BCUT2D eigenvalue weighted by Crippen LogP contribution is 2.27. The third kappa shape index (κ3) is 7.83. The Labute approximate surface area is 193 Å².